The highest BCUT2D eigenvalue weighted by Crippen LogP contribution is 2.29. The van der Waals surface area contributed by atoms with Crippen LogP contribution in [-0.2, 0) is 6.42 Å². The van der Waals surface area contributed by atoms with Crippen LogP contribution < -0.4 is 0 Å². The zero-order valence-electron chi connectivity index (χ0n) is 8.66. The molecule has 0 aliphatic heterocycles. The summed E-state index contributed by atoms with van der Waals surface area (Å²) in [5.74, 6) is -1.79. The van der Waals surface area contributed by atoms with E-state index in [0.29, 0.717) is 14.8 Å². The van der Waals surface area contributed by atoms with Gasteiger partial charge in [-0.25, -0.2) is 8.78 Å². The van der Waals surface area contributed by atoms with Gasteiger partial charge in [-0.2, -0.15) is 0 Å². The Hall–Kier alpha value is -0.970. The summed E-state index contributed by atoms with van der Waals surface area (Å²) < 4.78 is 26.3. The predicted molar refractivity (Wildman–Crippen MR) is 64.4 cm³/mol. The highest BCUT2D eigenvalue weighted by molar-refractivity contribution is 7.16. The number of halogens is 3. The van der Waals surface area contributed by atoms with Crippen LogP contribution in [0.4, 0.5) is 8.78 Å². The smallest absolute Gasteiger partial charge is 0.159 e. The van der Waals surface area contributed by atoms with E-state index in [0.717, 1.165) is 12.1 Å². The van der Waals surface area contributed by atoms with Gasteiger partial charge in [0.2, 0.25) is 0 Å². The van der Waals surface area contributed by atoms with Crippen molar-refractivity contribution in [3.8, 4) is 0 Å². The van der Waals surface area contributed by atoms with Crippen molar-refractivity contribution in [2.45, 2.75) is 12.5 Å². The van der Waals surface area contributed by atoms with Crippen LogP contribution in [0.3, 0.4) is 0 Å². The number of rotatable bonds is 3. The highest BCUT2D eigenvalue weighted by Gasteiger charge is 2.12. The van der Waals surface area contributed by atoms with Gasteiger partial charge in [0.05, 0.1) is 10.4 Å². The molecule has 1 aromatic heterocycles. The van der Waals surface area contributed by atoms with Crippen LogP contribution >= 0.6 is 22.9 Å². The maximum Gasteiger partial charge on any atom is 0.159 e. The van der Waals surface area contributed by atoms with E-state index in [1.807, 2.05) is 0 Å². The van der Waals surface area contributed by atoms with Crippen LogP contribution in [-0.4, -0.2) is 5.11 Å². The lowest BCUT2D eigenvalue weighted by Crippen LogP contribution is -2.00. The van der Waals surface area contributed by atoms with E-state index in [9.17, 15) is 13.9 Å². The zero-order chi connectivity index (χ0) is 12.4. The van der Waals surface area contributed by atoms with E-state index in [2.05, 4.69) is 0 Å². The summed E-state index contributed by atoms with van der Waals surface area (Å²) in [6.45, 7) is 0. The molecule has 2 rings (SSSR count). The zero-order valence-corrected chi connectivity index (χ0v) is 10.2. The molecular weight excluding hydrogens is 266 g/mol. The van der Waals surface area contributed by atoms with Crippen LogP contribution in [0.2, 0.25) is 4.34 Å². The summed E-state index contributed by atoms with van der Waals surface area (Å²) in [6, 6.07) is 7.01. The van der Waals surface area contributed by atoms with E-state index >= 15 is 0 Å². The number of aliphatic hydroxyl groups excluding tert-OH is 1. The summed E-state index contributed by atoms with van der Waals surface area (Å²) in [7, 11) is 0. The second kappa shape index (κ2) is 5.12. The summed E-state index contributed by atoms with van der Waals surface area (Å²) in [4.78, 5) is 0.708. The van der Waals surface area contributed by atoms with E-state index in [1.165, 1.54) is 17.4 Å². The van der Waals surface area contributed by atoms with Gasteiger partial charge in [0, 0.05) is 11.3 Å². The summed E-state index contributed by atoms with van der Waals surface area (Å²) in [6.07, 6.45) is -0.522. The number of aliphatic hydroxyl groups is 1. The highest BCUT2D eigenvalue weighted by atomic mass is 35.5. The number of benzene rings is 1. The minimum Gasteiger partial charge on any atom is -0.387 e. The predicted octanol–water partition coefficient (Wildman–Crippen LogP) is 3.96. The number of thiophene rings is 1. The quantitative estimate of drug-likeness (QED) is 0.898. The fourth-order valence-electron chi connectivity index (χ4n) is 1.50. The maximum atomic E-state index is 13.0. The molecule has 0 fully saturated rings. The third kappa shape index (κ3) is 3.03. The molecule has 0 aliphatic rings. The average Bonchev–Trinajstić information content (AvgIpc) is 2.70. The molecule has 0 saturated carbocycles. The molecule has 17 heavy (non-hydrogen) atoms. The molecule has 0 saturated heterocycles. The van der Waals surface area contributed by atoms with Crippen molar-refractivity contribution in [1.82, 2.24) is 0 Å². The molecule has 0 radical (unpaired) electrons. The Balaban J connectivity index is 2.12. The van der Waals surface area contributed by atoms with E-state index in [1.54, 1.807) is 12.1 Å². The molecule has 2 aromatic rings. The standard InChI is InChI=1S/C12H9ClF2OS/c13-12-4-3-11(17-12)10(16)6-7-1-2-8(14)9(15)5-7/h1-5,10,16H,6H2. The van der Waals surface area contributed by atoms with Crippen molar-refractivity contribution in [3.05, 3.63) is 56.7 Å². The first-order valence-corrected chi connectivity index (χ1v) is 6.13. The SMILES string of the molecule is OC(Cc1ccc(F)c(F)c1)c1ccc(Cl)s1. The first-order chi connectivity index (χ1) is 8.06. The van der Waals surface area contributed by atoms with Crippen molar-refractivity contribution in [3.63, 3.8) is 0 Å². The molecule has 1 atom stereocenters. The van der Waals surface area contributed by atoms with E-state index in [4.69, 9.17) is 11.6 Å². The van der Waals surface area contributed by atoms with E-state index < -0.39 is 17.7 Å². The summed E-state index contributed by atoms with van der Waals surface area (Å²) in [5, 5.41) is 9.88. The fraction of sp³-hybridized carbons (Fsp3) is 0.167. The van der Waals surface area contributed by atoms with Gasteiger partial charge in [0.1, 0.15) is 0 Å². The molecule has 0 bridgehead atoms. The van der Waals surface area contributed by atoms with Crippen molar-refractivity contribution < 1.29 is 13.9 Å². The van der Waals surface area contributed by atoms with Crippen LogP contribution in [0.1, 0.15) is 16.5 Å². The first-order valence-electron chi connectivity index (χ1n) is 4.93. The molecule has 1 nitrogen and oxygen atoms in total. The number of hydrogen-bond acceptors (Lipinski definition) is 2. The molecule has 1 N–H and O–H groups in total. The molecule has 0 spiro atoms. The van der Waals surface area contributed by atoms with E-state index in [-0.39, 0.29) is 6.42 Å². The van der Waals surface area contributed by atoms with Crippen molar-refractivity contribution in [1.29, 1.82) is 0 Å². The lowest BCUT2D eigenvalue weighted by atomic mass is 10.1. The third-order valence-electron chi connectivity index (χ3n) is 2.34. The van der Waals surface area contributed by atoms with Crippen LogP contribution in [0.25, 0.3) is 0 Å². The Morgan fingerprint density at radius 2 is 1.94 bits per heavy atom. The van der Waals surface area contributed by atoms with Crippen LogP contribution in [0.5, 0.6) is 0 Å². The fourth-order valence-corrected chi connectivity index (χ4v) is 2.54. The molecule has 1 heterocycles. The maximum absolute atomic E-state index is 13.0. The van der Waals surface area contributed by atoms with Gasteiger partial charge in [0.15, 0.2) is 11.6 Å². The summed E-state index contributed by atoms with van der Waals surface area (Å²) >= 11 is 7.02. The Morgan fingerprint density at radius 1 is 1.18 bits per heavy atom. The van der Waals surface area contributed by atoms with Crippen molar-refractivity contribution in [2.24, 2.45) is 0 Å². The molecule has 0 aliphatic carbocycles. The topological polar surface area (TPSA) is 20.2 Å². The molecular formula is C12H9ClF2OS. The molecule has 90 valence electrons. The van der Waals surface area contributed by atoms with Crippen molar-refractivity contribution >= 4 is 22.9 Å². The monoisotopic (exact) mass is 274 g/mol. The Morgan fingerprint density at radius 3 is 2.53 bits per heavy atom. The second-order valence-electron chi connectivity index (χ2n) is 3.61. The lowest BCUT2D eigenvalue weighted by molar-refractivity contribution is 0.182. The largest absolute Gasteiger partial charge is 0.387 e. The van der Waals surface area contributed by atoms with Gasteiger partial charge < -0.3 is 5.11 Å². The van der Waals surface area contributed by atoms with Gasteiger partial charge in [-0.3, -0.25) is 0 Å². The van der Waals surface area contributed by atoms with Crippen molar-refractivity contribution in [2.75, 3.05) is 0 Å². The Kier molecular flexibility index (Phi) is 3.76. The lowest BCUT2D eigenvalue weighted by Gasteiger charge is -2.08. The minimum absolute atomic E-state index is 0.230. The molecule has 1 unspecified atom stereocenters. The first kappa shape index (κ1) is 12.5. The Bertz CT molecular complexity index is 527. The van der Waals surface area contributed by atoms with Crippen LogP contribution in [0.15, 0.2) is 30.3 Å². The van der Waals surface area contributed by atoms with Gasteiger partial charge in [0.25, 0.3) is 0 Å². The normalized spacial score (nSPS) is 12.7. The molecule has 1 aromatic carbocycles. The number of hydrogen-bond donors (Lipinski definition) is 1. The second-order valence-corrected chi connectivity index (χ2v) is 5.36. The van der Waals surface area contributed by atoms with Gasteiger partial charge in [-0.05, 0) is 29.8 Å². The third-order valence-corrected chi connectivity index (χ3v) is 3.67. The van der Waals surface area contributed by atoms with Gasteiger partial charge in [-0.1, -0.05) is 17.7 Å². The van der Waals surface area contributed by atoms with Crippen LogP contribution in [0, 0.1) is 11.6 Å². The minimum atomic E-state index is -0.904. The Labute approximate surface area is 106 Å². The van der Waals surface area contributed by atoms with Gasteiger partial charge in [-0.15, -0.1) is 11.3 Å². The average molecular weight is 275 g/mol. The summed E-state index contributed by atoms with van der Waals surface area (Å²) in [5.41, 5.74) is 0.543. The van der Waals surface area contributed by atoms with Gasteiger partial charge >= 0.3 is 0 Å². The molecule has 5 heteroatoms. The molecule has 0 amide bonds.